The van der Waals surface area contributed by atoms with Crippen LogP contribution in [-0.2, 0) is 6.54 Å². The van der Waals surface area contributed by atoms with Crippen LogP contribution >= 0.6 is 11.8 Å². The van der Waals surface area contributed by atoms with E-state index in [1.807, 2.05) is 12.4 Å². The summed E-state index contributed by atoms with van der Waals surface area (Å²) in [5, 5.41) is 3.95. The second-order valence-corrected chi connectivity index (χ2v) is 6.59. The van der Waals surface area contributed by atoms with Crippen LogP contribution in [0.1, 0.15) is 32.9 Å². The van der Waals surface area contributed by atoms with Crippen LogP contribution in [0.4, 0.5) is 5.82 Å². The Labute approximate surface area is 120 Å². The van der Waals surface area contributed by atoms with E-state index in [-0.39, 0.29) is 0 Å². The highest BCUT2D eigenvalue weighted by molar-refractivity contribution is 8.00. The summed E-state index contributed by atoms with van der Waals surface area (Å²) in [5.74, 6) is 2.09. The van der Waals surface area contributed by atoms with Crippen LogP contribution in [-0.4, -0.2) is 45.0 Å². The third-order valence-electron chi connectivity index (χ3n) is 3.64. The smallest absolute Gasteiger partial charge is 0.144 e. The molecule has 1 aliphatic rings. The van der Waals surface area contributed by atoms with E-state index in [1.54, 1.807) is 0 Å². The van der Waals surface area contributed by atoms with Gasteiger partial charge in [0.15, 0.2) is 0 Å². The van der Waals surface area contributed by atoms with E-state index in [0.29, 0.717) is 11.3 Å². The van der Waals surface area contributed by atoms with Gasteiger partial charge in [-0.15, -0.1) is 0 Å². The van der Waals surface area contributed by atoms with Gasteiger partial charge in [0.25, 0.3) is 0 Å². The molecule has 19 heavy (non-hydrogen) atoms. The number of thioether (sulfide) groups is 1. The number of rotatable bonds is 5. The molecule has 2 atom stereocenters. The quantitative estimate of drug-likeness (QED) is 0.898. The van der Waals surface area contributed by atoms with Crippen LogP contribution in [0.3, 0.4) is 0 Å². The van der Waals surface area contributed by atoms with Gasteiger partial charge in [-0.1, -0.05) is 13.8 Å². The van der Waals surface area contributed by atoms with Crippen molar-refractivity contribution in [2.75, 3.05) is 24.2 Å². The summed E-state index contributed by atoms with van der Waals surface area (Å²) >= 11 is 2.06. The number of nitrogens with one attached hydrogen (secondary N) is 1. The SMILES string of the molecule is CCCNc1cnc(CN2CCSC(C)C2C)cn1. The van der Waals surface area contributed by atoms with Gasteiger partial charge in [0, 0.05) is 36.7 Å². The van der Waals surface area contributed by atoms with E-state index in [9.17, 15) is 0 Å². The summed E-state index contributed by atoms with van der Waals surface area (Å²) in [4.78, 5) is 11.4. The third-order valence-corrected chi connectivity index (χ3v) is 4.98. The molecule has 0 aliphatic carbocycles. The Bertz CT molecular complexity index is 382. The molecule has 0 spiro atoms. The average molecular weight is 280 g/mol. The molecule has 2 unspecified atom stereocenters. The Balaban J connectivity index is 1.91. The van der Waals surface area contributed by atoms with Crippen LogP contribution in [0.2, 0.25) is 0 Å². The molecule has 0 saturated carbocycles. The fraction of sp³-hybridized carbons (Fsp3) is 0.714. The summed E-state index contributed by atoms with van der Waals surface area (Å²) in [7, 11) is 0. The maximum atomic E-state index is 4.51. The first-order chi connectivity index (χ1) is 9.20. The zero-order valence-electron chi connectivity index (χ0n) is 12.1. The molecular weight excluding hydrogens is 256 g/mol. The number of hydrogen-bond acceptors (Lipinski definition) is 5. The molecule has 1 aromatic rings. The van der Waals surface area contributed by atoms with Crippen molar-refractivity contribution in [3.8, 4) is 0 Å². The highest BCUT2D eigenvalue weighted by atomic mass is 32.2. The summed E-state index contributed by atoms with van der Waals surface area (Å²) in [5.41, 5.74) is 1.06. The van der Waals surface area contributed by atoms with Crippen molar-refractivity contribution in [3.63, 3.8) is 0 Å². The lowest BCUT2D eigenvalue weighted by Gasteiger charge is -2.37. The number of anilines is 1. The van der Waals surface area contributed by atoms with E-state index in [0.717, 1.165) is 37.6 Å². The maximum absolute atomic E-state index is 4.51. The Morgan fingerprint density at radius 2 is 2.21 bits per heavy atom. The van der Waals surface area contributed by atoms with Crippen LogP contribution in [0.15, 0.2) is 12.4 Å². The van der Waals surface area contributed by atoms with E-state index in [4.69, 9.17) is 0 Å². The lowest BCUT2D eigenvalue weighted by atomic mass is 10.2. The molecule has 2 rings (SSSR count). The van der Waals surface area contributed by atoms with Gasteiger partial charge in [-0.25, -0.2) is 4.98 Å². The van der Waals surface area contributed by atoms with Crippen molar-refractivity contribution in [2.24, 2.45) is 0 Å². The summed E-state index contributed by atoms with van der Waals surface area (Å²) < 4.78 is 0. The number of aromatic nitrogens is 2. The predicted molar refractivity (Wildman–Crippen MR) is 82.6 cm³/mol. The van der Waals surface area contributed by atoms with Gasteiger partial charge in [0.2, 0.25) is 0 Å². The molecule has 1 fully saturated rings. The highest BCUT2D eigenvalue weighted by Gasteiger charge is 2.25. The molecule has 1 aliphatic heterocycles. The molecule has 106 valence electrons. The normalized spacial score (nSPS) is 24.4. The molecule has 0 amide bonds. The van der Waals surface area contributed by atoms with Crippen molar-refractivity contribution in [1.29, 1.82) is 0 Å². The van der Waals surface area contributed by atoms with Crippen molar-refractivity contribution >= 4 is 17.6 Å². The zero-order chi connectivity index (χ0) is 13.7. The van der Waals surface area contributed by atoms with Crippen LogP contribution in [0.5, 0.6) is 0 Å². The van der Waals surface area contributed by atoms with E-state index < -0.39 is 0 Å². The second-order valence-electron chi connectivity index (χ2n) is 5.11. The van der Waals surface area contributed by atoms with Crippen molar-refractivity contribution < 1.29 is 0 Å². The number of nitrogens with zero attached hydrogens (tertiary/aromatic N) is 3. The first kappa shape index (κ1) is 14.6. The summed E-state index contributed by atoms with van der Waals surface area (Å²) in [6.07, 6.45) is 4.85. The average Bonchev–Trinajstić information content (AvgIpc) is 2.43. The molecular formula is C14H24N4S. The molecule has 1 saturated heterocycles. The van der Waals surface area contributed by atoms with Gasteiger partial charge in [-0.2, -0.15) is 11.8 Å². The summed E-state index contributed by atoms with van der Waals surface area (Å²) in [6, 6.07) is 0.610. The zero-order valence-corrected chi connectivity index (χ0v) is 12.9. The van der Waals surface area contributed by atoms with Crippen LogP contribution in [0, 0.1) is 0 Å². The monoisotopic (exact) mass is 280 g/mol. The fourth-order valence-corrected chi connectivity index (χ4v) is 3.37. The van der Waals surface area contributed by atoms with E-state index in [2.05, 4.69) is 52.7 Å². The molecule has 2 heterocycles. The Morgan fingerprint density at radius 3 is 2.89 bits per heavy atom. The molecule has 4 nitrogen and oxygen atoms in total. The first-order valence-electron chi connectivity index (χ1n) is 7.11. The minimum atomic E-state index is 0.610. The van der Waals surface area contributed by atoms with Gasteiger partial charge in [-0.3, -0.25) is 9.88 Å². The first-order valence-corrected chi connectivity index (χ1v) is 8.16. The maximum Gasteiger partial charge on any atom is 0.144 e. The Morgan fingerprint density at radius 1 is 1.37 bits per heavy atom. The molecule has 5 heteroatoms. The predicted octanol–water partition coefficient (Wildman–Crippen LogP) is 2.62. The molecule has 0 radical (unpaired) electrons. The van der Waals surface area contributed by atoms with Crippen molar-refractivity contribution in [1.82, 2.24) is 14.9 Å². The molecule has 1 aromatic heterocycles. The topological polar surface area (TPSA) is 41.1 Å². The highest BCUT2D eigenvalue weighted by Crippen LogP contribution is 2.25. The molecule has 0 aromatic carbocycles. The molecule has 0 bridgehead atoms. The minimum Gasteiger partial charge on any atom is -0.369 e. The number of hydrogen-bond donors (Lipinski definition) is 1. The van der Waals surface area contributed by atoms with Crippen molar-refractivity contribution in [3.05, 3.63) is 18.1 Å². The fourth-order valence-electron chi connectivity index (χ4n) is 2.21. The lowest BCUT2D eigenvalue weighted by molar-refractivity contribution is 0.202. The third kappa shape index (κ3) is 4.08. The largest absolute Gasteiger partial charge is 0.369 e. The lowest BCUT2D eigenvalue weighted by Crippen LogP contribution is -2.44. The Kier molecular flexibility index (Phi) is 5.45. The van der Waals surface area contributed by atoms with Gasteiger partial charge in [-0.05, 0) is 13.3 Å². The van der Waals surface area contributed by atoms with Gasteiger partial charge < -0.3 is 5.32 Å². The van der Waals surface area contributed by atoms with Crippen LogP contribution in [0.25, 0.3) is 0 Å². The van der Waals surface area contributed by atoms with Gasteiger partial charge in [0.05, 0.1) is 18.1 Å². The minimum absolute atomic E-state index is 0.610. The van der Waals surface area contributed by atoms with Crippen molar-refractivity contribution in [2.45, 2.75) is 45.0 Å². The van der Waals surface area contributed by atoms with E-state index in [1.165, 1.54) is 5.75 Å². The van der Waals surface area contributed by atoms with E-state index >= 15 is 0 Å². The van der Waals surface area contributed by atoms with Gasteiger partial charge >= 0.3 is 0 Å². The van der Waals surface area contributed by atoms with Crippen LogP contribution < -0.4 is 5.32 Å². The Hall–Kier alpha value is -0.810. The summed E-state index contributed by atoms with van der Waals surface area (Å²) in [6.45, 7) is 9.77. The molecule has 1 N–H and O–H groups in total. The second kappa shape index (κ2) is 7.10. The van der Waals surface area contributed by atoms with Gasteiger partial charge in [0.1, 0.15) is 5.82 Å². The standard InChI is InChI=1S/C14H24N4S/c1-4-5-15-14-9-16-13(8-17-14)10-18-6-7-19-12(3)11(18)2/h8-9,11-12H,4-7,10H2,1-3H3,(H,15,17).